The van der Waals surface area contributed by atoms with Gasteiger partial charge in [0.15, 0.2) is 0 Å². The maximum Gasteiger partial charge on any atom is 0.132 e. The van der Waals surface area contributed by atoms with Crippen LogP contribution < -0.4 is 5.32 Å². The van der Waals surface area contributed by atoms with Crippen molar-refractivity contribution in [2.45, 2.75) is 39.2 Å². The Morgan fingerprint density at radius 1 is 1.47 bits per heavy atom. The quantitative estimate of drug-likeness (QED) is 0.864. The smallest absolute Gasteiger partial charge is 0.132 e. The maximum absolute atomic E-state index is 4.61. The Hall–Kier alpha value is -0.680. The van der Waals surface area contributed by atoms with E-state index in [0.29, 0.717) is 12.0 Å². The van der Waals surface area contributed by atoms with E-state index in [2.05, 4.69) is 57.0 Å². The van der Waals surface area contributed by atoms with Crippen molar-refractivity contribution in [2.24, 2.45) is 5.92 Å². The number of likely N-dealkylation sites (tertiary alicyclic amines) is 1. The van der Waals surface area contributed by atoms with Gasteiger partial charge in [0, 0.05) is 25.1 Å². The summed E-state index contributed by atoms with van der Waals surface area (Å²) in [6.07, 6.45) is 3.17. The number of hydrogen-bond acceptors (Lipinski definition) is 4. The summed E-state index contributed by atoms with van der Waals surface area (Å²) in [5.74, 6) is 2.51. The lowest BCUT2D eigenvalue weighted by atomic mass is 9.94. The molecular formula is C14H23BrN4. The number of halogens is 1. The van der Waals surface area contributed by atoms with E-state index in [1.165, 1.54) is 6.42 Å². The second kappa shape index (κ2) is 6.66. The summed E-state index contributed by atoms with van der Waals surface area (Å²) in [6.45, 7) is 6.74. The van der Waals surface area contributed by atoms with Crippen LogP contribution in [0.3, 0.4) is 0 Å². The number of rotatable bonds is 4. The first-order valence-electron chi connectivity index (χ1n) is 7.07. The minimum absolute atomic E-state index is 0.507. The summed E-state index contributed by atoms with van der Waals surface area (Å²) in [5.41, 5.74) is 0. The van der Waals surface area contributed by atoms with E-state index in [1.807, 2.05) is 6.07 Å². The largest absolute Gasteiger partial charge is 0.367 e. The molecule has 1 aliphatic heterocycles. The minimum Gasteiger partial charge on any atom is -0.367 e. The van der Waals surface area contributed by atoms with E-state index in [0.717, 1.165) is 42.2 Å². The standard InChI is InChI=1S/C14H23BrN4/c1-4-5-13-17-12(15)8-14(18-13)16-11-6-7-19(3)9-10(11)2/h8,10-11H,4-7,9H2,1-3H3,(H,16,17,18). The first-order chi connectivity index (χ1) is 9.08. The zero-order valence-corrected chi connectivity index (χ0v) is 13.6. The van der Waals surface area contributed by atoms with Crippen LogP contribution in [-0.4, -0.2) is 41.0 Å². The van der Waals surface area contributed by atoms with Crippen molar-refractivity contribution in [2.75, 3.05) is 25.5 Å². The van der Waals surface area contributed by atoms with E-state index in [4.69, 9.17) is 0 Å². The lowest BCUT2D eigenvalue weighted by molar-refractivity contribution is 0.206. The first-order valence-corrected chi connectivity index (χ1v) is 7.86. The molecule has 1 N–H and O–H groups in total. The molecule has 19 heavy (non-hydrogen) atoms. The number of aromatic nitrogens is 2. The third-order valence-electron chi connectivity index (χ3n) is 3.66. The molecule has 0 saturated carbocycles. The van der Waals surface area contributed by atoms with E-state index < -0.39 is 0 Å². The topological polar surface area (TPSA) is 41.1 Å². The summed E-state index contributed by atoms with van der Waals surface area (Å²) < 4.78 is 0.869. The van der Waals surface area contributed by atoms with Gasteiger partial charge in [0.25, 0.3) is 0 Å². The SMILES string of the molecule is CCCc1nc(Br)cc(NC2CCN(C)CC2C)n1. The van der Waals surface area contributed by atoms with Crippen LogP contribution in [-0.2, 0) is 6.42 Å². The molecule has 0 aliphatic carbocycles. The van der Waals surface area contributed by atoms with Crippen molar-refractivity contribution < 1.29 is 0 Å². The predicted octanol–water partition coefficient (Wildman–Crippen LogP) is 2.94. The van der Waals surface area contributed by atoms with Gasteiger partial charge < -0.3 is 10.2 Å². The number of aryl methyl sites for hydroxylation is 1. The number of piperidine rings is 1. The van der Waals surface area contributed by atoms with E-state index in [1.54, 1.807) is 0 Å². The Morgan fingerprint density at radius 2 is 2.26 bits per heavy atom. The summed E-state index contributed by atoms with van der Waals surface area (Å²) in [5, 5.41) is 3.58. The monoisotopic (exact) mass is 326 g/mol. The third kappa shape index (κ3) is 4.14. The van der Waals surface area contributed by atoms with Gasteiger partial charge >= 0.3 is 0 Å². The van der Waals surface area contributed by atoms with Crippen molar-refractivity contribution in [3.63, 3.8) is 0 Å². The molecule has 0 spiro atoms. The van der Waals surface area contributed by atoms with Gasteiger partial charge in [-0.15, -0.1) is 0 Å². The molecule has 2 rings (SSSR count). The van der Waals surface area contributed by atoms with E-state index in [-0.39, 0.29) is 0 Å². The second-order valence-electron chi connectivity index (χ2n) is 5.52. The van der Waals surface area contributed by atoms with Crippen molar-refractivity contribution >= 4 is 21.7 Å². The van der Waals surface area contributed by atoms with Crippen LogP contribution in [0.25, 0.3) is 0 Å². The van der Waals surface area contributed by atoms with Crippen LogP contribution in [0.1, 0.15) is 32.5 Å². The van der Waals surface area contributed by atoms with Crippen LogP contribution in [0, 0.1) is 5.92 Å². The molecule has 2 atom stereocenters. The number of nitrogens with one attached hydrogen (secondary N) is 1. The molecule has 0 radical (unpaired) electrons. The molecule has 2 heterocycles. The normalized spacial score (nSPS) is 24.4. The van der Waals surface area contributed by atoms with Gasteiger partial charge in [0.1, 0.15) is 16.2 Å². The average Bonchev–Trinajstić information content (AvgIpc) is 2.32. The zero-order valence-electron chi connectivity index (χ0n) is 12.0. The molecule has 106 valence electrons. The molecule has 0 amide bonds. The lowest BCUT2D eigenvalue weighted by Crippen LogP contribution is -2.43. The maximum atomic E-state index is 4.61. The van der Waals surface area contributed by atoms with Crippen molar-refractivity contribution in [1.82, 2.24) is 14.9 Å². The van der Waals surface area contributed by atoms with Crippen molar-refractivity contribution in [3.8, 4) is 0 Å². The zero-order chi connectivity index (χ0) is 13.8. The van der Waals surface area contributed by atoms with Gasteiger partial charge in [0.2, 0.25) is 0 Å². The van der Waals surface area contributed by atoms with Crippen LogP contribution in [0.5, 0.6) is 0 Å². The van der Waals surface area contributed by atoms with Crippen molar-refractivity contribution in [3.05, 3.63) is 16.5 Å². The minimum atomic E-state index is 0.507. The number of nitrogens with zero attached hydrogens (tertiary/aromatic N) is 3. The van der Waals surface area contributed by atoms with Crippen LogP contribution >= 0.6 is 15.9 Å². The molecule has 1 aliphatic rings. The average molecular weight is 327 g/mol. The Kier molecular flexibility index (Phi) is 5.16. The van der Waals surface area contributed by atoms with Gasteiger partial charge in [-0.3, -0.25) is 0 Å². The number of anilines is 1. The Bertz CT molecular complexity index is 424. The first kappa shape index (κ1) is 14.7. The van der Waals surface area contributed by atoms with Gasteiger partial charge in [-0.2, -0.15) is 0 Å². The highest BCUT2D eigenvalue weighted by atomic mass is 79.9. The highest BCUT2D eigenvalue weighted by Gasteiger charge is 2.24. The second-order valence-corrected chi connectivity index (χ2v) is 6.33. The van der Waals surface area contributed by atoms with E-state index in [9.17, 15) is 0 Å². The molecule has 2 unspecified atom stereocenters. The molecule has 0 bridgehead atoms. The highest BCUT2D eigenvalue weighted by molar-refractivity contribution is 9.10. The summed E-state index contributed by atoms with van der Waals surface area (Å²) >= 11 is 3.47. The van der Waals surface area contributed by atoms with Crippen LogP contribution in [0.15, 0.2) is 10.7 Å². The Balaban J connectivity index is 2.05. The fourth-order valence-electron chi connectivity index (χ4n) is 2.63. The van der Waals surface area contributed by atoms with E-state index >= 15 is 0 Å². The Morgan fingerprint density at radius 3 is 2.95 bits per heavy atom. The summed E-state index contributed by atoms with van der Waals surface area (Å²) in [4.78, 5) is 11.4. The predicted molar refractivity (Wildman–Crippen MR) is 82.4 cm³/mol. The fourth-order valence-corrected chi connectivity index (χ4v) is 3.05. The molecule has 5 heteroatoms. The third-order valence-corrected chi connectivity index (χ3v) is 4.06. The van der Waals surface area contributed by atoms with Gasteiger partial charge in [-0.05, 0) is 48.3 Å². The van der Waals surface area contributed by atoms with Crippen LogP contribution in [0.2, 0.25) is 0 Å². The highest BCUT2D eigenvalue weighted by Crippen LogP contribution is 2.21. The van der Waals surface area contributed by atoms with Crippen molar-refractivity contribution in [1.29, 1.82) is 0 Å². The molecule has 1 aromatic heterocycles. The fraction of sp³-hybridized carbons (Fsp3) is 0.714. The summed E-state index contributed by atoms with van der Waals surface area (Å²) in [7, 11) is 2.19. The Labute approximate surface area is 124 Å². The number of hydrogen-bond donors (Lipinski definition) is 1. The summed E-state index contributed by atoms with van der Waals surface area (Å²) in [6, 6.07) is 2.48. The molecule has 1 fully saturated rings. The molecule has 1 aromatic rings. The lowest BCUT2D eigenvalue weighted by Gasteiger charge is -2.35. The molecular weight excluding hydrogens is 304 g/mol. The van der Waals surface area contributed by atoms with Gasteiger partial charge in [0.05, 0.1) is 0 Å². The molecule has 1 saturated heterocycles. The van der Waals surface area contributed by atoms with Gasteiger partial charge in [-0.1, -0.05) is 13.8 Å². The molecule has 4 nitrogen and oxygen atoms in total. The van der Waals surface area contributed by atoms with Gasteiger partial charge in [-0.25, -0.2) is 9.97 Å². The molecule has 0 aromatic carbocycles. The van der Waals surface area contributed by atoms with Crippen LogP contribution in [0.4, 0.5) is 5.82 Å².